The van der Waals surface area contributed by atoms with Crippen LogP contribution in [0.4, 0.5) is 0 Å². The monoisotopic (exact) mass is 508 g/mol. The van der Waals surface area contributed by atoms with Crippen molar-refractivity contribution in [2.45, 2.75) is 136 Å². The Morgan fingerprint density at radius 2 is 0.879 bits per heavy atom. The molecule has 0 amide bonds. The molecule has 0 aromatic carbocycles. The van der Waals surface area contributed by atoms with Crippen molar-refractivity contribution in [3.05, 3.63) is 0 Å². The number of carboxylic acids is 2. The minimum Gasteiger partial charge on any atom is -0.547 e. The van der Waals surface area contributed by atoms with Gasteiger partial charge in [-0.25, -0.2) is 0 Å². The zero-order chi connectivity index (χ0) is 24.3. The zero-order valence-electron chi connectivity index (χ0n) is 21.6. The number of rotatable bonds is 18. The first kappa shape index (κ1) is 43.8. The second-order valence-corrected chi connectivity index (χ2v) is 7.83. The third-order valence-corrected chi connectivity index (χ3v) is 4.56. The molecule has 0 saturated carbocycles. The van der Waals surface area contributed by atoms with E-state index in [4.69, 9.17) is 10.2 Å². The molecule has 0 radical (unpaired) electrons. The maximum absolute atomic E-state index is 10.0. The van der Waals surface area contributed by atoms with Crippen molar-refractivity contribution in [1.29, 1.82) is 0 Å². The molecule has 2 unspecified atom stereocenters. The molecule has 7 nitrogen and oxygen atoms in total. The molecule has 0 aliphatic rings. The van der Waals surface area contributed by atoms with Gasteiger partial charge in [-0.3, -0.25) is 6.29 Å². The van der Waals surface area contributed by atoms with Gasteiger partial charge in [-0.1, -0.05) is 103 Å². The molecule has 0 heterocycles. The van der Waals surface area contributed by atoms with Crippen LogP contribution in [0, 0.1) is 0 Å². The molecule has 0 aromatic rings. The summed E-state index contributed by atoms with van der Waals surface area (Å²) in [6.07, 6.45) is 20.5. The van der Waals surface area contributed by atoms with E-state index < -0.39 is 24.1 Å². The van der Waals surface area contributed by atoms with Crippen molar-refractivity contribution in [2.75, 3.05) is 0 Å². The van der Waals surface area contributed by atoms with Gasteiger partial charge in [-0.2, -0.15) is 6.42 Å². The number of carbonyl (C=O) groups is 2. The van der Waals surface area contributed by atoms with Gasteiger partial charge in [0.25, 0.3) is 0 Å². The molecule has 33 heavy (non-hydrogen) atoms. The molecular weight excluding hydrogens is 463 g/mol. The van der Waals surface area contributed by atoms with Crippen molar-refractivity contribution in [3.8, 4) is 0 Å². The Morgan fingerprint density at radius 3 is 1.06 bits per heavy atom. The molecule has 0 fully saturated rings. The molecule has 2 N–H and O–H groups in total. The second-order valence-electron chi connectivity index (χ2n) is 7.83. The van der Waals surface area contributed by atoms with Crippen LogP contribution in [-0.4, -0.2) is 78.4 Å². The van der Waals surface area contributed by atoms with Gasteiger partial charge in [0.1, 0.15) is 0 Å². The molecular formula is C24H45CaNaO7. The van der Waals surface area contributed by atoms with Crippen molar-refractivity contribution >= 4 is 56.0 Å². The predicted octanol–water partition coefficient (Wildman–Crippen LogP) is -0.785. The fourth-order valence-electron chi connectivity index (χ4n) is 2.57. The van der Waals surface area contributed by atoms with E-state index in [1.165, 1.54) is 89.9 Å². The smallest absolute Gasteiger partial charge is 0.547 e. The van der Waals surface area contributed by atoms with Crippen LogP contribution in [0.25, 0.3) is 0 Å². The van der Waals surface area contributed by atoms with Gasteiger partial charge < -0.3 is 34.8 Å². The second kappa shape index (κ2) is 37.3. The molecule has 2 atom stereocenters. The zero-order valence-corrected chi connectivity index (χ0v) is 25.8. The molecule has 0 rings (SSSR count). The number of carboxylic acid groups (broad SMARTS) is 2. The molecule has 0 aromatic heterocycles. The maximum Gasteiger partial charge on any atom is 2.00 e. The summed E-state index contributed by atoms with van der Waals surface area (Å²) >= 11 is 0. The average Bonchev–Trinajstić information content (AvgIpc) is 2.71. The number of aliphatic hydroxyl groups is 2. The van der Waals surface area contributed by atoms with Crippen LogP contribution in [0.15, 0.2) is 0 Å². The molecule has 0 bridgehead atoms. The van der Waals surface area contributed by atoms with Crippen molar-refractivity contribution < 1.29 is 64.4 Å². The number of aliphatic carboxylic acids is 2. The Labute approximate surface area is 253 Å². The Hall–Kier alpha value is 0.790. The number of hydrogen-bond donors (Lipinski definition) is 2. The fourth-order valence-corrected chi connectivity index (χ4v) is 2.57. The SMILES string of the molecule is CC(O)C(=O)[O-].CC(O)C(=O)[O-].CCCCCCCCCCCCCCCCC[C-]=O.[Ca+2].[Na+]. The summed E-state index contributed by atoms with van der Waals surface area (Å²) in [4.78, 5) is 28.7. The summed E-state index contributed by atoms with van der Waals surface area (Å²) in [6, 6.07) is 0. The van der Waals surface area contributed by atoms with E-state index in [1.807, 2.05) is 6.29 Å². The molecule has 186 valence electrons. The molecule has 0 aliphatic carbocycles. The van der Waals surface area contributed by atoms with Gasteiger partial charge in [-0.05, 0) is 13.8 Å². The first-order chi connectivity index (χ1) is 14.7. The first-order valence-corrected chi connectivity index (χ1v) is 11.8. The molecule has 0 aliphatic heterocycles. The molecule has 9 heteroatoms. The summed E-state index contributed by atoms with van der Waals surface area (Å²) in [6.45, 7) is 4.55. The summed E-state index contributed by atoms with van der Waals surface area (Å²) in [7, 11) is 0. The quantitative estimate of drug-likeness (QED) is 0.141. The summed E-state index contributed by atoms with van der Waals surface area (Å²) < 4.78 is 0. The van der Waals surface area contributed by atoms with Gasteiger partial charge in [0, 0.05) is 0 Å². The Morgan fingerprint density at radius 1 is 0.667 bits per heavy atom. The van der Waals surface area contributed by atoms with Gasteiger partial charge in [0.2, 0.25) is 0 Å². The minimum absolute atomic E-state index is 0. The van der Waals surface area contributed by atoms with Crippen LogP contribution in [0.1, 0.15) is 124 Å². The number of aliphatic hydroxyl groups excluding tert-OH is 2. The third kappa shape index (κ3) is 50.6. The van der Waals surface area contributed by atoms with Crippen LogP contribution in [0.5, 0.6) is 0 Å². The Kier molecular flexibility index (Phi) is 49.6. The summed E-state index contributed by atoms with van der Waals surface area (Å²) in [5.41, 5.74) is 0. The van der Waals surface area contributed by atoms with Gasteiger partial charge in [0.15, 0.2) is 0 Å². The number of hydrogen-bond acceptors (Lipinski definition) is 7. The fraction of sp³-hybridized carbons (Fsp3) is 0.875. The van der Waals surface area contributed by atoms with Crippen LogP contribution >= 0.6 is 0 Å². The van der Waals surface area contributed by atoms with Crippen molar-refractivity contribution in [3.63, 3.8) is 0 Å². The minimum atomic E-state index is -1.44. The van der Waals surface area contributed by atoms with E-state index in [9.17, 15) is 24.6 Å². The van der Waals surface area contributed by atoms with Crippen LogP contribution in [0.2, 0.25) is 0 Å². The Bertz CT molecular complexity index is 390. The van der Waals surface area contributed by atoms with Crippen molar-refractivity contribution in [2.24, 2.45) is 0 Å². The van der Waals surface area contributed by atoms with E-state index in [0.29, 0.717) is 6.42 Å². The van der Waals surface area contributed by atoms with E-state index in [1.54, 1.807) is 0 Å². The third-order valence-electron chi connectivity index (χ3n) is 4.56. The summed E-state index contributed by atoms with van der Waals surface area (Å²) in [5, 5.41) is 34.6. The normalized spacial score (nSPS) is 11.2. The first-order valence-electron chi connectivity index (χ1n) is 11.8. The van der Waals surface area contributed by atoms with E-state index in [0.717, 1.165) is 20.3 Å². The maximum atomic E-state index is 10.0. The topological polar surface area (TPSA) is 138 Å². The van der Waals surface area contributed by atoms with Gasteiger partial charge in [0.05, 0.1) is 24.1 Å². The molecule has 0 saturated heterocycles. The largest absolute Gasteiger partial charge is 2.00 e. The van der Waals surface area contributed by atoms with E-state index >= 15 is 0 Å². The Balaban J connectivity index is -0.000000155. The van der Waals surface area contributed by atoms with Crippen molar-refractivity contribution in [1.82, 2.24) is 0 Å². The van der Waals surface area contributed by atoms with E-state index in [-0.39, 0.29) is 67.3 Å². The molecule has 0 spiro atoms. The number of unbranched alkanes of at least 4 members (excludes halogenated alkanes) is 15. The average molecular weight is 509 g/mol. The van der Waals surface area contributed by atoms with Gasteiger partial charge in [-0.15, -0.1) is 0 Å². The standard InChI is InChI=1S/C18H35O.2C3H6O3.Ca.Na/c1-2-3-4-5-6-7-8-9-10-11-12-13-14-15-16-17-18-19;2*1-2(4)3(5)6;;/h2-17H2,1H3;2*2,4H,1H3,(H,5,6);;/q-1;;;+2;+1/p-2. The number of carbonyl (C=O) groups excluding carboxylic acids is 3. The van der Waals surface area contributed by atoms with Crippen LogP contribution in [-0.2, 0) is 14.4 Å². The predicted molar refractivity (Wildman–Crippen MR) is 124 cm³/mol. The van der Waals surface area contributed by atoms with Crippen LogP contribution < -0.4 is 39.8 Å². The van der Waals surface area contributed by atoms with Crippen LogP contribution in [0.3, 0.4) is 0 Å². The van der Waals surface area contributed by atoms with E-state index in [2.05, 4.69) is 6.92 Å². The summed E-state index contributed by atoms with van der Waals surface area (Å²) in [5.74, 6) is -2.87. The van der Waals surface area contributed by atoms with Gasteiger partial charge >= 0.3 is 67.3 Å².